The Kier molecular flexibility index (Phi) is 5.99. The van der Waals surface area contributed by atoms with Gasteiger partial charge in [-0.25, -0.2) is 4.98 Å². The molecule has 2 aliphatic carbocycles. The number of amides is 1. The van der Waals surface area contributed by atoms with E-state index in [2.05, 4.69) is 15.2 Å². The van der Waals surface area contributed by atoms with Gasteiger partial charge in [-0.05, 0) is 50.7 Å². The maximum atomic E-state index is 12.9. The van der Waals surface area contributed by atoms with Crippen LogP contribution >= 0.6 is 0 Å². The van der Waals surface area contributed by atoms with Gasteiger partial charge >= 0.3 is 6.18 Å². The van der Waals surface area contributed by atoms with E-state index in [0.717, 1.165) is 64.0 Å². The predicted octanol–water partition coefficient (Wildman–Crippen LogP) is 3.77. The minimum absolute atomic E-state index is 0.0778. The third-order valence-corrected chi connectivity index (χ3v) is 6.72. The molecule has 3 fully saturated rings. The molecule has 1 aliphatic heterocycles. The van der Waals surface area contributed by atoms with Gasteiger partial charge in [0.25, 0.3) is 0 Å². The van der Waals surface area contributed by atoms with Crippen molar-refractivity contribution in [3.63, 3.8) is 0 Å². The van der Waals surface area contributed by atoms with E-state index in [4.69, 9.17) is 0 Å². The average molecular weight is 410 g/mol. The van der Waals surface area contributed by atoms with Crippen LogP contribution in [-0.4, -0.2) is 59.0 Å². The summed E-state index contributed by atoms with van der Waals surface area (Å²) < 4.78 is 37.8. The summed E-state index contributed by atoms with van der Waals surface area (Å²) in [4.78, 5) is 20.9. The maximum absolute atomic E-state index is 12.9. The van der Waals surface area contributed by atoms with Crippen LogP contribution in [0.1, 0.15) is 50.6 Å². The Morgan fingerprint density at radius 1 is 1.00 bits per heavy atom. The van der Waals surface area contributed by atoms with Crippen molar-refractivity contribution in [2.24, 2.45) is 5.92 Å². The molecule has 0 spiro atoms. The van der Waals surface area contributed by atoms with Crippen molar-refractivity contribution < 1.29 is 18.0 Å². The van der Waals surface area contributed by atoms with E-state index in [1.165, 1.54) is 31.5 Å². The zero-order valence-corrected chi connectivity index (χ0v) is 16.6. The van der Waals surface area contributed by atoms with Gasteiger partial charge in [0, 0.05) is 44.2 Å². The number of anilines is 1. The highest BCUT2D eigenvalue weighted by molar-refractivity contribution is 5.79. The maximum Gasteiger partial charge on any atom is 0.433 e. The van der Waals surface area contributed by atoms with Crippen LogP contribution in [0.5, 0.6) is 0 Å². The van der Waals surface area contributed by atoms with E-state index in [0.29, 0.717) is 5.69 Å². The number of nitrogens with one attached hydrogen (secondary N) is 1. The molecule has 0 radical (unpaired) electrons. The summed E-state index contributed by atoms with van der Waals surface area (Å²) in [7, 11) is 0. The van der Waals surface area contributed by atoms with E-state index in [1.807, 2.05) is 4.90 Å². The molecule has 0 aromatic carbocycles. The van der Waals surface area contributed by atoms with E-state index < -0.39 is 11.9 Å². The van der Waals surface area contributed by atoms with Crippen molar-refractivity contribution in [2.45, 2.75) is 63.2 Å². The molecule has 160 valence electrons. The Hall–Kier alpha value is -1.83. The van der Waals surface area contributed by atoms with Gasteiger partial charge in [-0.3, -0.25) is 9.69 Å². The third kappa shape index (κ3) is 4.85. The number of carbonyl (C=O) groups is 1. The molecule has 2 heterocycles. The van der Waals surface area contributed by atoms with Crippen molar-refractivity contribution in [2.75, 3.05) is 31.5 Å². The number of hydrogen-bond donors (Lipinski definition) is 1. The highest BCUT2D eigenvalue weighted by Crippen LogP contribution is 2.31. The summed E-state index contributed by atoms with van der Waals surface area (Å²) >= 11 is 0. The standard InChI is InChI=1S/C21H29F3N4O/c22-21(23,24)19-9-8-17(14-25-19)26-16-6-4-15(5-7-16)20(29)28-12-10-27(11-13-28)18-2-1-3-18/h8-9,14-16,18,26H,1-7,10-13H2. The lowest BCUT2D eigenvalue weighted by Gasteiger charge is -2.44. The monoisotopic (exact) mass is 410 g/mol. The quantitative estimate of drug-likeness (QED) is 0.821. The molecule has 0 atom stereocenters. The largest absolute Gasteiger partial charge is 0.433 e. The molecule has 1 N–H and O–H groups in total. The third-order valence-electron chi connectivity index (χ3n) is 6.72. The van der Waals surface area contributed by atoms with Crippen molar-refractivity contribution in [3.8, 4) is 0 Å². The second kappa shape index (κ2) is 8.50. The number of hydrogen-bond acceptors (Lipinski definition) is 4. The lowest BCUT2D eigenvalue weighted by atomic mass is 9.84. The Morgan fingerprint density at radius 2 is 1.69 bits per heavy atom. The first-order chi connectivity index (χ1) is 13.9. The van der Waals surface area contributed by atoms with Gasteiger partial charge in [0.2, 0.25) is 5.91 Å². The van der Waals surface area contributed by atoms with Crippen LogP contribution in [0.4, 0.5) is 18.9 Å². The van der Waals surface area contributed by atoms with Gasteiger partial charge in [-0.1, -0.05) is 6.42 Å². The van der Waals surface area contributed by atoms with Crippen LogP contribution in [0.2, 0.25) is 0 Å². The fourth-order valence-electron chi connectivity index (χ4n) is 4.68. The molecule has 0 bridgehead atoms. The SMILES string of the molecule is O=C(C1CCC(Nc2ccc(C(F)(F)F)nc2)CC1)N1CCN(C2CCC2)CC1. The summed E-state index contributed by atoms with van der Waals surface area (Å²) in [6.07, 6.45) is 4.12. The van der Waals surface area contributed by atoms with Crippen molar-refractivity contribution in [1.82, 2.24) is 14.8 Å². The molecule has 5 nitrogen and oxygen atoms in total. The number of nitrogens with zero attached hydrogens (tertiary/aromatic N) is 3. The molecular formula is C21H29F3N4O. The Bertz CT molecular complexity index is 689. The second-order valence-corrected chi connectivity index (χ2v) is 8.57. The number of carbonyl (C=O) groups excluding carboxylic acids is 1. The van der Waals surface area contributed by atoms with Crippen molar-refractivity contribution in [3.05, 3.63) is 24.0 Å². The summed E-state index contributed by atoms with van der Waals surface area (Å²) in [5, 5.41) is 3.27. The first-order valence-electron chi connectivity index (χ1n) is 10.7. The molecule has 3 aliphatic rings. The first kappa shape index (κ1) is 20.4. The summed E-state index contributed by atoms with van der Waals surface area (Å²) in [5.74, 6) is 0.363. The molecule has 1 saturated heterocycles. The number of alkyl halides is 3. The summed E-state index contributed by atoms with van der Waals surface area (Å²) in [5.41, 5.74) is -0.283. The van der Waals surface area contributed by atoms with Crippen LogP contribution < -0.4 is 5.32 Å². The van der Waals surface area contributed by atoms with Gasteiger partial charge in [0.15, 0.2) is 0 Å². The summed E-state index contributed by atoms with van der Waals surface area (Å²) in [6, 6.07) is 3.34. The first-order valence-corrected chi connectivity index (χ1v) is 10.7. The van der Waals surface area contributed by atoms with E-state index in [9.17, 15) is 18.0 Å². The molecule has 1 aromatic heterocycles. The minimum atomic E-state index is -4.42. The minimum Gasteiger partial charge on any atom is -0.381 e. The topological polar surface area (TPSA) is 48.5 Å². The van der Waals surface area contributed by atoms with Crippen LogP contribution in [0, 0.1) is 5.92 Å². The average Bonchev–Trinajstić information content (AvgIpc) is 2.67. The fourth-order valence-corrected chi connectivity index (χ4v) is 4.68. The fraction of sp³-hybridized carbons (Fsp3) is 0.714. The highest BCUT2D eigenvalue weighted by atomic mass is 19.4. The van der Waals surface area contributed by atoms with Gasteiger partial charge in [0.05, 0.1) is 11.9 Å². The van der Waals surface area contributed by atoms with E-state index in [1.54, 1.807) is 0 Å². The Labute approximate surface area is 169 Å². The van der Waals surface area contributed by atoms with Gasteiger partial charge in [-0.2, -0.15) is 13.2 Å². The molecular weight excluding hydrogens is 381 g/mol. The number of piperazine rings is 1. The zero-order chi connectivity index (χ0) is 20.4. The molecule has 1 aromatic rings. The molecule has 0 unspecified atom stereocenters. The number of pyridine rings is 1. The van der Waals surface area contributed by atoms with Crippen LogP contribution in [-0.2, 0) is 11.0 Å². The Morgan fingerprint density at radius 3 is 2.21 bits per heavy atom. The molecule has 2 saturated carbocycles. The van der Waals surface area contributed by atoms with Gasteiger partial charge in [-0.15, -0.1) is 0 Å². The normalized spacial score (nSPS) is 26.8. The zero-order valence-electron chi connectivity index (χ0n) is 16.6. The molecule has 29 heavy (non-hydrogen) atoms. The van der Waals surface area contributed by atoms with Crippen LogP contribution in [0.25, 0.3) is 0 Å². The van der Waals surface area contributed by atoms with E-state index in [-0.39, 0.29) is 17.9 Å². The smallest absolute Gasteiger partial charge is 0.381 e. The molecule has 1 amide bonds. The highest BCUT2D eigenvalue weighted by Gasteiger charge is 2.34. The van der Waals surface area contributed by atoms with E-state index >= 15 is 0 Å². The Balaban J connectivity index is 1.21. The predicted molar refractivity (Wildman–Crippen MR) is 104 cm³/mol. The molecule has 8 heteroatoms. The lowest BCUT2D eigenvalue weighted by molar-refractivity contribution is -0.141. The van der Waals surface area contributed by atoms with Gasteiger partial charge in [0.1, 0.15) is 5.69 Å². The summed E-state index contributed by atoms with van der Waals surface area (Å²) in [6.45, 7) is 3.66. The van der Waals surface area contributed by atoms with Gasteiger partial charge < -0.3 is 10.2 Å². The number of halogens is 3. The van der Waals surface area contributed by atoms with Crippen molar-refractivity contribution in [1.29, 1.82) is 0 Å². The second-order valence-electron chi connectivity index (χ2n) is 8.57. The lowest BCUT2D eigenvalue weighted by Crippen LogP contribution is -2.54. The number of rotatable bonds is 4. The number of aromatic nitrogens is 1. The van der Waals surface area contributed by atoms with Crippen molar-refractivity contribution >= 4 is 11.6 Å². The molecule has 4 rings (SSSR count). The van der Waals surface area contributed by atoms with Crippen LogP contribution in [0.3, 0.4) is 0 Å². The van der Waals surface area contributed by atoms with Crippen LogP contribution in [0.15, 0.2) is 18.3 Å².